The van der Waals surface area contributed by atoms with Gasteiger partial charge in [0, 0.05) is 23.1 Å². The van der Waals surface area contributed by atoms with E-state index < -0.39 is 0 Å². The summed E-state index contributed by atoms with van der Waals surface area (Å²) in [6.07, 6.45) is 3.92. The Morgan fingerprint density at radius 3 is 3.06 bits per heavy atom. The number of aromatic hydroxyl groups is 1. The molecule has 0 saturated carbocycles. The molecule has 94 valence electrons. The van der Waals surface area contributed by atoms with E-state index in [4.69, 9.17) is 0 Å². The van der Waals surface area contributed by atoms with Crippen molar-refractivity contribution in [1.82, 2.24) is 4.90 Å². The predicted molar refractivity (Wildman–Crippen MR) is 74.1 cm³/mol. The van der Waals surface area contributed by atoms with Gasteiger partial charge in [0.1, 0.15) is 5.75 Å². The molecule has 0 bridgehead atoms. The molecule has 0 spiro atoms. The molecule has 1 unspecified atom stereocenters. The highest BCUT2D eigenvalue weighted by Crippen LogP contribution is 2.27. The number of phenolic OH excluding ortho intramolecular Hbond substituents is 1. The van der Waals surface area contributed by atoms with E-state index in [1.54, 1.807) is 6.07 Å². The largest absolute Gasteiger partial charge is 0.508 e. The standard InChI is InChI=1S/C14H20BrNO/c1-2-3-11-6-7-16(9-11)10-12-8-13(15)4-5-14(12)17/h4-5,8,11,17H,2-3,6-7,9-10H2,1H3. The lowest BCUT2D eigenvalue weighted by molar-refractivity contribution is 0.307. The van der Waals surface area contributed by atoms with Crippen LogP contribution in [-0.4, -0.2) is 23.1 Å². The molecule has 1 fully saturated rings. The maximum absolute atomic E-state index is 9.82. The van der Waals surface area contributed by atoms with E-state index >= 15 is 0 Å². The van der Waals surface area contributed by atoms with Gasteiger partial charge in [-0.05, 0) is 43.5 Å². The van der Waals surface area contributed by atoms with Crippen LogP contribution in [0.25, 0.3) is 0 Å². The van der Waals surface area contributed by atoms with Crippen molar-refractivity contribution in [2.45, 2.75) is 32.7 Å². The van der Waals surface area contributed by atoms with Gasteiger partial charge in [-0.25, -0.2) is 0 Å². The summed E-state index contributed by atoms with van der Waals surface area (Å²) in [5.74, 6) is 1.27. The van der Waals surface area contributed by atoms with Crippen molar-refractivity contribution < 1.29 is 5.11 Å². The Balaban J connectivity index is 1.95. The summed E-state index contributed by atoms with van der Waals surface area (Å²) in [4.78, 5) is 2.45. The van der Waals surface area contributed by atoms with Gasteiger partial charge in [-0.3, -0.25) is 4.90 Å². The fourth-order valence-corrected chi connectivity index (χ4v) is 3.03. The molecule has 1 aliphatic heterocycles. The van der Waals surface area contributed by atoms with Gasteiger partial charge in [0.2, 0.25) is 0 Å². The lowest BCUT2D eigenvalue weighted by Crippen LogP contribution is -2.20. The molecule has 1 aliphatic rings. The summed E-state index contributed by atoms with van der Waals surface area (Å²) < 4.78 is 1.04. The van der Waals surface area contributed by atoms with Crippen LogP contribution >= 0.6 is 15.9 Å². The van der Waals surface area contributed by atoms with E-state index in [-0.39, 0.29) is 0 Å². The topological polar surface area (TPSA) is 23.5 Å². The molecule has 0 radical (unpaired) electrons. The quantitative estimate of drug-likeness (QED) is 0.914. The van der Waals surface area contributed by atoms with Crippen LogP contribution in [0, 0.1) is 5.92 Å². The molecule has 1 heterocycles. The first-order valence-electron chi connectivity index (χ1n) is 6.38. The van der Waals surface area contributed by atoms with Crippen molar-refractivity contribution in [3.63, 3.8) is 0 Å². The predicted octanol–water partition coefficient (Wildman–Crippen LogP) is 3.78. The normalized spacial score (nSPS) is 20.9. The van der Waals surface area contributed by atoms with Gasteiger partial charge in [0.05, 0.1) is 0 Å². The maximum Gasteiger partial charge on any atom is 0.120 e. The van der Waals surface area contributed by atoms with Gasteiger partial charge in [-0.15, -0.1) is 0 Å². The summed E-state index contributed by atoms with van der Waals surface area (Å²) in [6.45, 7) is 5.46. The van der Waals surface area contributed by atoms with Crippen molar-refractivity contribution in [3.8, 4) is 5.75 Å². The third-order valence-corrected chi connectivity index (χ3v) is 4.00. The minimum absolute atomic E-state index is 0.409. The van der Waals surface area contributed by atoms with Gasteiger partial charge in [0.15, 0.2) is 0 Å². The van der Waals surface area contributed by atoms with Crippen molar-refractivity contribution in [1.29, 1.82) is 0 Å². The molecule has 0 aliphatic carbocycles. The summed E-state index contributed by atoms with van der Waals surface area (Å²) in [5.41, 5.74) is 1.02. The molecule has 0 aromatic heterocycles. The van der Waals surface area contributed by atoms with Gasteiger partial charge in [-0.1, -0.05) is 29.3 Å². The molecule has 1 aromatic carbocycles. The Bertz CT molecular complexity index is 380. The Hall–Kier alpha value is -0.540. The molecule has 0 amide bonds. The van der Waals surface area contributed by atoms with E-state index in [2.05, 4.69) is 27.8 Å². The zero-order valence-corrected chi connectivity index (χ0v) is 11.9. The second-order valence-electron chi connectivity index (χ2n) is 4.95. The summed E-state index contributed by atoms with van der Waals surface area (Å²) in [7, 11) is 0. The van der Waals surface area contributed by atoms with Crippen LogP contribution in [0.5, 0.6) is 5.75 Å². The van der Waals surface area contributed by atoms with Gasteiger partial charge in [0.25, 0.3) is 0 Å². The van der Waals surface area contributed by atoms with Gasteiger partial charge < -0.3 is 5.11 Å². The first kappa shape index (κ1) is 12.9. The molecule has 2 rings (SSSR count). The zero-order valence-electron chi connectivity index (χ0n) is 10.3. The van der Waals surface area contributed by atoms with Crippen LogP contribution in [0.1, 0.15) is 31.7 Å². The molecule has 1 N–H and O–H groups in total. The number of rotatable bonds is 4. The van der Waals surface area contributed by atoms with Crippen LogP contribution in [0.4, 0.5) is 0 Å². The van der Waals surface area contributed by atoms with E-state index in [1.165, 1.54) is 25.8 Å². The highest BCUT2D eigenvalue weighted by molar-refractivity contribution is 9.10. The molecular weight excluding hydrogens is 278 g/mol. The third kappa shape index (κ3) is 3.46. The smallest absolute Gasteiger partial charge is 0.120 e. The Morgan fingerprint density at radius 1 is 1.47 bits per heavy atom. The second kappa shape index (κ2) is 5.87. The lowest BCUT2D eigenvalue weighted by atomic mass is 10.0. The maximum atomic E-state index is 9.82. The number of nitrogens with zero attached hydrogens (tertiary/aromatic N) is 1. The highest BCUT2D eigenvalue weighted by atomic mass is 79.9. The Kier molecular flexibility index (Phi) is 4.46. The molecule has 1 atom stereocenters. The SMILES string of the molecule is CCCC1CCN(Cc2cc(Br)ccc2O)C1. The second-order valence-corrected chi connectivity index (χ2v) is 5.87. The van der Waals surface area contributed by atoms with Crippen LogP contribution < -0.4 is 0 Å². The number of hydrogen-bond acceptors (Lipinski definition) is 2. The number of phenols is 1. The summed E-state index contributed by atoms with van der Waals surface area (Å²) in [5, 5.41) is 9.82. The van der Waals surface area contributed by atoms with Crippen molar-refractivity contribution in [2.75, 3.05) is 13.1 Å². The van der Waals surface area contributed by atoms with E-state index in [0.717, 1.165) is 29.0 Å². The minimum atomic E-state index is 0.409. The Labute approximate surface area is 112 Å². The van der Waals surface area contributed by atoms with Crippen LogP contribution in [0.15, 0.2) is 22.7 Å². The van der Waals surface area contributed by atoms with Gasteiger partial charge in [-0.2, -0.15) is 0 Å². The lowest BCUT2D eigenvalue weighted by Gasteiger charge is -2.17. The molecule has 1 saturated heterocycles. The van der Waals surface area contributed by atoms with Crippen molar-refractivity contribution >= 4 is 15.9 Å². The van der Waals surface area contributed by atoms with E-state index in [9.17, 15) is 5.11 Å². The number of benzene rings is 1. The fourth-order valence-electron chi connectivity index (χ4n) is 2.62. The molecule has 1 aromatic rings. The first-order chi connectivity index (χ1) is 8.19. The highest BCUT2D eigenvalue weighted by Gasteiger charge is 2.22. The first-order valence-corrected chi connectivity index (χ1v) is 7.18. The number of hydrogen-bond donors (Lipinski definition) is 1. The average molecular weight is 298 g/mol. The Morgan fingerprint density at radius 2 is 2.29 bits per heavy atom. The summed E-state index contributed by atoms with van der Waals surface area (Å²) >= 11 is 3.45. The van der Waals surface area contributed by atoms with E-state index in [0.29, 0.717) is 5.75 Å². The van der Waals surface area contributed by atoms with Crippen molar-refractivity contribution in [2.24, 2.45) is 5.92 Å². The molecule has 3 heteroatoms. The van der Waals surface area contributed by atoms with Crippen LogP contribution in [-0.2, 0) is 6.54 Å². The van der Waals surface area contributed by atoms with Crippen LogP contribution in [0.2, 0.25) is 0 Å². The third-order valence-electron chi connectivity index (χ3n) is 3.50. The van der Waals surface area contributed by atoms with Crippen LogP contribution in [0.3, 0.4) is 0 Å². The van der Waals surface area contributed by atoms with E-state index in [1.807, 2.05) is 12.1 Å². The molecule has 2 nitrogen and oxygen atoms in total. The van der Waals surface area contributed by atoms with Gasteiger partial charge >= 0.3 is 0 Å². The number of likely N-dealkylation sites (tertiary alicyclic amines) is 1. The molecule has 17 heavy (non-hydrogen) atoms. The fraction of sp³-hybridized carbons (Fsp3) is 0.571. The minimum Gasteiger partial charge on any atom is -0.508 e. The van der Waals surface area contributed by atoms with Crippen molar-refractivity contribution in [3.05, 3.63) is 28.2 Å². The average Bonchev–Trinajstić information content (AvgIpc) is 2.72. The molecular formula is C14H20BrNO. The number of halogens is 1. The summed E-state index contributed by atoms with van der Waals surface area (Å²) in [6, 6.07) is 5.66. The monoisotopic (exact) mass is 297 g/mol. The zero-order chi connectivity index (χ0) is 12.3.